The summed E-state index contributed by atoms with van der Waals surface area (Å²) in [5.41, 5.74) is 2.41. The van der Waals surface area contributed by atoms with Crippen LogP contribution < -0.4 is 5.32 Å². The van der Waals surface area contributed by atoms with Gasteiger partial charge in [-0.2, -0.15) is 4.98 Å². The molecule has 1 amide bonds. The van der Waals surface area contributed by atoms with Crippen molar-refractivity contribution in [3.63, 3.8) is 0 Å². The van der Waals surface area contributed by atoms with Gasteiger partial charge in [-0.05, 0) is 43.5 Å². The number of nitrogens with one attached hydrogen (secondary N) is 1. The molecule has 0 unspecified atom stereocenters. The molecule has 140 valence electrons. The first-order valence-corrected chi connectivity index (χ1v) is 8.94. The molecule has 0 radical (unpaired) electrons. The summed E-state index contributed by atoms with van der Waals surface area (Å²) in [6.07, 6.45) is 4.60. The highest BCUT2D eigenvalue weighted by Crippen LogP contribution is 2.44. The average Bonchev–Trinajstić information content (AvgIpc) is 3.13. The van der Waals surface area contributed by atoms with Gasteiger partial charge in [-0.3, -0.25) is 9.20 Å². The summed E-state index contributed by atoms with van der Waals surface area (Å²) < 4.78 is 6.93. The summed E-state index contributed by atoms with van der Waals surface area (Å²) in [4.78, 5) is 21.3. The van der Waals surface area contributed by atoms with Crippen LogP contribution in [-0.2, 0) is 5.60 Å². The smallest absolute Gasteiger partial charge is 0.274 e. The zero-order valence-corrected chi connectivity index (χ0v) is 15.1. The number of aromatic nitrogens is 4. The number of rotatable bonds is 4. The molecule has 0 atom stereocenters. The van der Waals surface area contributed by atoms with Gasteiger partial charge in [0.25, 0.3) is 11.8 Å². The highest BCUT2D eigenvalue weighted by molar-refractivity contribution is 6.04. The number of benzene rings is 1. The molecule has 1 aliphatic rings. The molecule has 28 heavy (non-hydrogen) atoms. The van der Waals surface area contributed by atoms with Crippen molar-refractivity contribution in [3.05, 3.63) is 65.9 Å². The van der Waals surface area contributed by atoms with Crippen LogP contribution in [0.4, 0.5) is 5.69 Å². The minimum Gasteiger partial charge on any atom is -0.380 e. The number of carbonyl (C=O) groups is 1. The number of aliphatic hydroxyl groups is 1. The van der Waals surface area contributed by atoms with E-state index in [0.29, 0.717) is 41.3 Å². The Balaban J connectivity index is 1.44. The van der Waals surface area contributed by atoms with E-state index >= 15 is 0 Å². The van der Waals surface area contributed by atoms with E-state index in [4.69, 9.17) is 4.52 Å². The fourth-order valence-electron chi connectivity index (χ4n) is 3.04. The standard InChI is InChI=1S/C20H17N5O3/c1-12-5-6-13(17-23-19(28-24-17)20(27)7-8-20)10-14(12)22-18(26)15-11-21-16-4-2-3-9-25(15)16/h2-6,9-11,27H,7-8H2,1H3,(H,22,26). The molecule has 8 nitrogen and oxygen atoms in total. The van der Waals surface area contributed by atoms with Gasteiger partial charge in [0.2, 0.25) is 5.82 Å². The van der Waals surface area contributed by atoms with Gasteiger partial charge in [0.1, 0.15) is 16.9 Å². The Morgan fingerprint density at radius 1 is 1.29 bits per heavy atom. The average molecular weight is 375 g/mol. The third kappa shape index (κ3) is 2.74. The summed E-state index contributed by atoms with van der Waals surface area (Å²) in [5.74, 6) is 0.347. The lowest BCUT2D eigenvalue weighted by molar-refractivity contribution is 0.102. The predicted octanol–water partition coefficient (Wildman–Crippen LogP) is 2.93. The van der Waals surface area contributed by atoms with Crippen molar-refractivity contribution in [2.45, 2.75) is 25.4 Å². The van der Waals surface area contributed by atoms with Gasteiger partial charge in [0.15, 0.2) is 0 Å². The topological polar surface area (TPSA) is 106 Å². The Hall–Kier alpha value is -3.52. The third-order valence-corrected chi connectivity index (χ3v) is 4.94. The van der Waals surface area contributed by atoms with E-state index in [2.05, 4.69) is 20.4 Å². The second kappa shape index (κ2) is 6.00. The molecule has 2 N–H and O–H groups in total. The Labute approximate surface area is 159 Å². The molecular formula is C20H17N5O3. The van der Waals surface area contributed by atoms with Crippen molar-refractivity contribution >= 4 is 17.2 Å². The number of carbonyl (C=O) groups excluding carboxylic acids is 1. The number of nitrogens with zero attached hydrogens (tertiary/aromatic N) is 4. The second-order valence-electron chi connectivity index (χ2n) is 7.01. The summed E-state index contributed by atoms with van der Waals surface area (Å²) in [5, 5.41) is 17.0. The molecule has 1 aromatic carbocycles. The summed E-state index contributed by atoms with van der Waals surface area (Å²) >= 11 is 0. The van der Waals surface area contributed by atoms with Crippen LogP contribution in [0.3, 0.4) is 0 Å². The van der Waals surface area contributed by atoms with Gasteiger partial charge in [-0.25, -0.2) is 4.98 Å². The van der Waals surface area contributed by atoms with Crippen molar-refractivity contribution in [1.29, 1.82) is 0 Å². The van der Waals surface area contributed by atoms with E-state index in [1.807, 2.05) is 37.3 Å². The van der Waals surface area contributed by atoms with Crippen LogP contribution in [0.25, 0.3) is 17.0 Å². The van der Waals surface area contributed by atoms with Crippen molar-refractivity contribution in [2.75, 3.05) is 5.32 Å². The predicted molar refractivity (Wildman–Crippen MR) is 101 cm³/mol. The van der Waals surface area contributed by atoms with Crippen LogP contribution in [0.2, 0.25) is 0 Å². The lowest BCUT2D eigenvalue weighted by Gasteiger charge is -2.09. The maximum absolute atomic E-state index is 12.8. The van der Waals surface area contributed by atoms with Crippen molar-refractivity contribution in [2.24, 2.45) is 0 Å². The monoisotopic (exact) mass is 375 g/mol. The molecule has 0 bridgehead atoms. The highest BCUT2D eigenvalue weighted by Gasteiger charge is 2.47. The zero-order valence-electron chi connectivity index (χ0n) is 15.1. The Bertz CT molecular complexity index is 1210. The minimum atomic E-state index is -0.976. The number of hydrogen-bond acceptors (Lipinski definition) is 6. The quantitative estimate of drug-likeness (QED) is 0.568. The summed E-state index contributed by atoms with van der Waals surface area (Å²) in [6.45, 7) is 1.91. The van der Waals surface area contributed by atoms with E-state index in [1.165, 1.54) is 0 Å². The molecule has 3 aromatic heterocycles. The second-order valence-corrected chi connectivity index (χ2v) is 7.01. The van der Waals surface area contributed by atoms with Crippen LogP contribution in [0.1, 0.15) is 34.8 Å². The maximum atomic E-state index is 12.8. The van der Waals surface area contributed by atoms with Crippen LogP contribution in [0.5, 0.6) is 0 Å². The van der Waals surface area contributed by atoms with Crippen LogP contribution in [-0.4, -0.2) is 30.5 Å². The Morgan fingerprint density at radius 2 is 2.14 bits per heavy atom. The largest absolute Gasteiger partial charge is 0.380 e. The molecule has 1 fully saturated rings. The molecule has 4 aromatic rings. The van der Waals surface area contributed by atoms with Gasteiger partial charge in [-0.15, -0.1) is 0 Å². The molecular weight excluding hydrogens is 358 g/mol. The van der Waals surface area contributed by atoms with E-state index < -0.39 is 5.60 Å². The Kier molecular flexibility index (Phi) is 3.56. The zero-order chi connectivity index (χ0) is 19.3. The van der Waals surface area contributed by atoms with E-state index in [0.717, 1.165) is 5.56 Å². The van der Waals surface area contributed by atoms with Crippen LogP contribution >= 0.6 is 0 Å². The van der Waals surface area contributed by atoms with Gasteiger partial charge < -0.3 is 14.9 Å². The lowest BCUT2D eigenvalue weighted by Crippen LogP contribution is -2.15. The van der Waals surface area contributed by atoms with Crippen molar-refractivity contribution in [1.82, 2.24) is 19.5 Å². The van der Waals surface area contributed by atoms with E-state index in [9.17, 15) is 9.90 Å². The van der Waals surface area contributed by atoms with Crippen molar-refractivity contribution < 1.29 is 14.4 Å². The first-order chi connectivity index (χ1) is 13.5. The van der Waals surface area contributed by atoms with Gasteiger partial charge in [0.05, 0.1) is 6.20 Å². The maximum Gasteiger partial charge on any atom is 0.274 e. The molecule has 0 saturated heterocycles. The van der Waals surface area contributed by atoms with Crippen LogP contribution in [0.15, 0.2) is 53.3 Å². The minimum absolute atomic E-state index is 0.236. The summed E-state index contributed by atoms with van der Waals surface area (Å²) in [6, 6.07) is 11.1. The van der Waals surface area contributed by atoms with Crippen molar-refractivity contribution in [3.8, 4) is 11.4 Å². The van der Waals surface area contributed by atoms with E-state index in [-0.39, 0.29) is 11.8 Å². The van der Waals surface area contributed by atoms with E-state index in [1.54, 1.807) is 22.9 Å². The molecule has 0 aliphatic heterocycles. The molecule has 3 heterocycles. The number of aryl methyl sites for hydroxylation is 1. The Morgan fingerprint density at radius 3 is 2.96 bits per heavy atom. The number of imidazole rings is 1. The lowest BCUT2D eigenvalue weighted by atomic mass is 10.1. The first-order valence-electron chi connectivity index (χ1n) is 8.94. The fraction of sp³-hybridized carbons (Fsp3) is 0.200. The number of fused-ring (bicyclic) bond motifs is 1. The summed E-state index contributed by atoms with van der Waals surface area (Å²) in [7, 11) is 0. The first kappa shape index (κ1) is 16.6. The number of pyridine rings is 1. The molecule has 1 saturated carbocycles. The number of anilines is 1. The molecule has 0 spiro atoms. The fourth-order valence-corrected chi connectivity index (χ4v) is 3.04. The van der Waals surface area contributed by atoms with Gasteiger partial charge in [0, 0.05) is 17.4 Å². The highest BCUT2D eigenvalue weighted by atomic mass is 16.5. The van der Waals surface area contributed by atoms with Gasteiger partial charge in [-0.1, -0.05) is 23.4 Å². The molecule has 8 heteroatoms. The van der Waals surface area contributed by atoms with Gasteiger partial charge >= 0.3 is 0 Å². The number of amides is 1. The molecule has 1 aliphatic carbocycles. The van der Waals surface area contributed by atoms with Crippen LogP contribution in [0, 0.1) is 6.92 Å². The SMILES string of the molecule is Cc1ccc(-c2noc(C3(O)CC3)n2)cc1NC(=O)c1cnc2ccccn12. The number of hydrogen-bond donors (Lipinski definition) is 2. The third-order valence-electron chi connectivity index (χ3n) is 4.94. The normalized spacial score (nSPS) is 14.9. The molecule has 5 rings (SSSR count).